The van der Waals surface area contributed by atoms with Gasteiger partial charge in [-0.25, -0.2) is 19.9 Å². The molecule has 0 N–H and O–H groups in total. The van der Waals surface area contributed by atoms with Crippen molar-refractivity contribution in [3.63, 3.8) is 0 Å². The number of nitrogens with zero attached hydrogens (tertiary/aromatic N) is 4. The Hall–Kier alpha value is -2.76. The minimum Gasteiger partial charge on any atom is -0.461 e. The Balaban J connectivity index is 0.000000111. The van der Waals surface area contributed by atoms with E-state index in [1.807, 2.05) is 6.07 Å². The number of rotatable bonds is 0. The number of furan rings is 2. The third-order valence-corrected chi connectivity index (χ3v) is 2.26. The van der Waals surface area contributed by atoms with Gasteiger partial charge in [-0.15, -0.1) is 0 Å². The zero-order valence-corrected chi connectivity index (χ0v) is 9.22. The van der Waals surface area contributed by atoms with Crippen molar-refractivity contribution < 1.29 is 8.83 Å². The first-order chi connectivity index (χ1) is 8.93. The lowest BCUT2D eigenvalue weighted by molar-refractivity contribution is 0.602. The Morgan fingerprint density at radius 2 is 1.67 bits per heavy atom. The summed E-state index contributed by atoms with van der Waals surface area (Å²) in [4.78, 5) is 15.4. The summed E-state index contributed by atoms with van der Waals surface area (Å²) in [7, 11) is 0. The van der Waals surface area contributed by atoms with Crippen molar-refractivity contribution in [1.29, 1.82) is 0 Å². The number of fused-ring (bicyclic) bond motifs is 2. The van der Waals surface area contributed by atoms with Crippen LogP contribution in [0.2, 0.25) is 0 Å². The SMILES string of the molecule is c1ncc2ccoc2n1.c1ncc2occc2n1. The molecule has 0 fully saturated rings. The second-order valence-corrected chi connectivity index (χ2v) is 3.40. The van der Waals surface area contributed by atoms with E-state index >= 15 is 0 Å². The molecule has 4 aromatic heterocycles. The van der Waals surface area contributed by atoms with Gasteiger partial charge in [-0.1, -0.05) is 0 Å². The van der Waals surface area contributed by atoms with E-state index in [0.717, 1.165) is 16.5 Å². The Morgan fingerprint density at radius 1 is 0.833 bits per heavy atom. The van der Waals surface area contributed by atoms with Gasteiger partial charge in [-0.2, -0.15) is 0 Å². The van der Waals surface area contributed by atoms with Crippen molar-refractivity contribution in [2.24, 2.45) is 0 Å². The highest BCUT2D eigenvalue weighted by atomic mass is 16.3. The molecule has 0 spiro atoms. The molecule has 0 aromatic carbocycles. The van der Waals surface area contributed by atoms with Crippen molar-refractivity contribution in [2.75, 3.05) is 0 Å². The number of hydrogen-bond acceptors (Lipinski definition) is 6. The summed E-state index contributed by atoms with van der Waals surface area (Å²) in [5, 5.41) is 0.942. The van der Waals surface area contributed by atoms with E-state index in [1.54, 1.807) is 31.0 Å². The van der Waals surface area contributed by atoms with Gasteiger partial charge in [0.15, 0.2) is 5.58 Å². The fraction of sp³-hybridized carbons (Fsp3) is 0. The van der Waals surface area contributed by atoms with Crippen LogP contribution in [0.1, 0.15) is 0 Å². The molecule has 0 saturated heterocycles. The molecule has 6 nitrogen and oxygen atoms in total. The molecule has 0 atom stereocenters. The summed E-state index contributed by atoms with van der Waals surface area (Å²) in [5.74, 6) is 0. The molecule has 18 heavy (non-hydrogen) atoms. The summed E-state index contributed by atoms with van der Waals surface area (Å²) >= 11 is 0. The average Bonchev–Trinajstić information content (AvgIpc) is 3.08. The van der Waals surface area contributed by atoms with Crippen LogP contribution in [0.4, 0.5) is 0 Å². The van der Waals surface area contributed by atoms with Gasteiger partial charge in [0.2, 0.25) is 5.71 Å². The molecule has 6 heteroatoms. The maximum absolute atomic E-state index is 4.99. The number of aromatic nitrogens is 4. The second kappa shape index (κ2) is 4.62. The summed E-state index contributed by atoms with van der Waals surface area (Å²) in [6.07, 6.45) is 9.51. The fourth-order valence-corrected chi connectivity index (χ4v) is 1.43. The van der Waals surface area contributed by atoms with E-state index in [0.29, 0.717) is 5.71 Å². The Kier molecular flexibility index (Phi) is 2.67. The van der Waals surface area contributed by atoms with E-state index in [9.17, 15) is 0 Å². The van der Waals surface area contributed by atoms with Gasteiger partial charge in [-0.3, -0.25) is 0 Å². The zero-order chi connectivity index (χ0) is 12.2. The van der Waals surface area contributed by atoms with Gasteiger partial charge < -0.3 is 8.83 Å². The maximum atomic E-state index is 4.99. The first kappa shape index (κ1) is 10.4. The molecular formula is C12H8N4O2. The quantitative estimate of drug-likeness (QED) is 0.469. The summed E-state index contributed by atoms with van der Waals surface area (Å²) in [6, 6.07) is 3.63. The first-order valence-electron chi connectivity index (χ1n) is 5.20. The van der Waals surface area contributed by atoms with Gasteiger partial charge in [-0.05, 0) is 6.07 Å². The van der Waals surface area contributed by atoms with E-state index in [1.165, 1.54) is 12.7 Å². The van der Waals surface area contributed by atoms with Crippen LogP contribution in [-0.4, -0.2) is 19.9 Å². The van der Waals surface area contributed by atoms with Crippen LogP contribution < -0.4 is 0 Å². The third-order valence-electron chi connectivity index (χ3n) is 2.26. The largest absolute Gasteiger partial charge is 0.461 e. The van der Waals surface area contributed by atoms with Gasteiger partial charge in [0.1, 0.15) is 18.2 Å². The zero-order valence-electron chi connectivity index (χ0n) is 9.22. The van der Waals surface area contributed by atoms with Gasteiger partial charge in [0.25, 0.3) is 0 Å². The van der Waals surface area contributed by atoms with Gasteiger partial charge in [0, 0.05) is 12.3 Å². The van der Waals surface area contributed by atoms with E-state index in [-0.39, 0.29) is 0 Å². The minimum atomic E-state index is 0.644. The summed E-state index contributed by atoms with van der Waals surface area (Å²) in [5.41, 5.74) is 2.23. The molecule has 0 aliphatic heterocycles. The Labute approximate surface area is 101 Å². The summed E-state index contributed by atoms with van der Waals surface area (Å²) in [6.45, 7) is 0. The molecule has 0 amide bonds. The van der Waals surface area contributed by atoms with Gasteiger partial charge in [0.05, 0.1) is 24.1 Å². The van der Waals surface area contributed by atoms with Crippen LogP contribution in [0.3, 0.4) is 0 Å². The van der Waals surface area contributed by atoms with Gasteiger partial charge >= 0.3 is 0 Å². The highest BCUT2D eigenvalue weighted by molar-refractivity contribution is 5.71. The number of hydrogen-bond donors (Lipinski definition) is 0. The second-order valence-electron chi connectivity index (χ2n) is 3.40. The first-order valence-corrected chi connectivity index (χ1v) is 5.20. The summed E-state index contributed by atoms with van der Waals surface area (Å²) < 4.78 is 9.96. The van der Waals surface area contributed by atoms with Crippen LogP contribution in [0.5, 0.6) is 0 Å². The molecule has 0 bridgehead atoms. The normalized spacial score (nSPS) is 10.2. The van der Waals surface area contributed by atoms with E-state index in [2.05, 4.69) is 19.9 Å². The van der Waals surface area contributed by atoms with Crippen LogP contribution in [0.15, 0.2) is 58.5 Å². The van der Waals surface area contributed by atoms with Crippen LogP contribution in [-0.2, 0) is 0 Å². The monoisotopic (exact) mass is 240 g/mol. The lowest BCUT2D eigenvalue weighted by atomic mass is 10.4. The van der Waals surface area contributed by atoms with Crippen LogP contribution >= 0.6 is 0 Å². The van der Waals surface area contributed by atoms with Crippen LogP contribution in [0.25, 0.3) is 22.2 Å². The third kappa shape index (κ3) is 2.03. The topological polar surface area (TPSA) is 77.8 Å². The Bertz CT molecular complexity index is 636. The maximum Gasteiger partial charge on any atom is 0.228 e. The minimum absolute atomic E-state index is 0.644. The molecule has 0 unspecified atom stereocenters. The highest BCUT2D eigenvalue weighted by Gasteiger charge is 1.93. The van der Waals surface area contributed by atoms with Crippen LogP contribution in [0, 0.1) is 0 Å². The van der Waals surface area contributed by atoms with Crippen molar-refractivity contribution in [1.82, 2.24) is 19.9 Å². The molecular weight excluding hydrogens is 232 g/mol. The molecule has 0 aliphatic rings. The Morgan fingerprint density at radius 3 is 2.56 bits per heavy atom. The molecule has 4 rings (SSSR count). The molecule has 0 saturated carbocycles. The van der Waals surface area contributed by atoms with E-state index in [4.69, 9.17) is 8.83 Å². The van der Waals surface area contributed by atoms with Crippen molar-refractivity contribution in [2.45, 2.75) is 0 Å². The molecule has 0 aliphatic carbocycles. The lowest BCUT2D eigenvalue weighted by Crippen LogP contribution is -1.72. The highest BCUT2D eigenvalue weighted by Crippen LogP contribution is 2.08. The molecule has 4 heterocycles. The predicted molar refractivity (Wildman–Crippen MR) is 63.6 cm³/mol. The molecule has 0 radical (unpaired) electrons. The molecule has 4 aromatic rings. The van der Waals surface area contributed by atoms with Crippen molar-refractivity contribution in [3.05, 3.63) is 49.7 Å². The standard InChI is InChI=1S/2C6H4N2O/c1-2-9-6-3-7-4-8-5(1)6;1-2-9-6-5(1)3-7-4-8-6/h2*1-4H. The molecule has 88 valence electrons. The van der Waals surface area contributed by atoms with Crippen molar-refractivity contribution in [3.8, 4) is 0 Å². The van der Waals surface area contributed by atoms with E-state index < -0.39 is 0 Å². The smallest absolute Gasteiger partial charge is 0.228 e. The lowest BCUT2D eigenvalue weighted by Gasteiger charge is -1.80. The van der Waals surface area contributed by atoms with Crippen molar-refractivity contribution >= 4 is 22.2 Å². The fourth-order valence-electron chi connectivity index (χ4n) is 1.43. The predicted octanol–water partition coefficient (Wildman–Crippen LogP) is 2.45. The average molecular weight is 240 g/mol.